The summed E-state index contributed by atoms with van der Waals surface area (Å²) in [5, 5.41) is 0. The van der Waals surface area contributed by atoms with E-state index >= 15 is 0 Å². The molecule has 2 fully saturated rings. The molecule has 2 N–H and O–H groups in total. The molecule has 1 amide bonds. The highest BCUT2D eigenvalue weighted by Crippen LogP contribution is 2.20. The lowest BCUT2D eigenvalue weighted by Crippen LogP contribution is -3.28. The predicted molar refractivity (Wildman–Crippen MR) is 115 cm³/mol. The van der Waals surface area contributed by atoms with Gasteiger partial charge in [-0.2, -0.15) is 0 Å². The van der Waals surface area contributed by atoms with Crippen LogP contribution in [-0.2, 0) is 11.3 Å². The van der Waals surface area contributed by atoms with Crippen LogP contribution in [0.15, 0.2) is 42.5 Å². The fourth-order valence-electron chi connectivity index (χ4n) is 4.18. The zero-order valence-electron chi connectivity index (χ0n) is 16.2. The van der Waals surface area contributed by atoms with Crippen LogP contribution in [-0.4, -0.2) is 69.7 Å². The van der Waals surface area contributed by atoms with E-state index in [0.29, 0.717) is 12.5 Å². The molecule has 0 spiro atoms. The number of halogens is 1. The molecule has 150 valence electrons. The number of quaternary nitrogens is 2. The predicted octanol–water partition coefficient (Wildman–Crippen LogP) is 0.0337. The van der Waals surface area contributed by atoms with Gasteiger partial charge in [-0.25, -0.2) is 0 Å². The van der Waals surface area contributed by atoms with E-state index in [1.54, 1.807) is 16.2 Å². The lowest BCUT2D eigenvalue weighted by molar-refractivity contribution is -1.02. The topological polar surface area (TPSA) is 32.4 Å². The van der Waals surface area contributed by atoms with Gasteiger partial charge < -0.3 is 19.6 Å². The number of hydrogen-bond acceptors (Lipinski definition) is 3. The summed E-state index contributed by atoms with van der Waals surface area (Å²) in [5.74, 6) is 0.316. The molecular weight excluding hydrogens is 392 g/mol. The molecule has 2 saturated heterocycles. The first kappa shape index (κ1) is 19.7. The van der Waals surface area contributed by atoms with Crippen LogP contribution in [0, 0.1) is 0 Å². The summed E-state index contributed by atoms with van der Waals surface area (Å²) in [6.07, 6.45) is 0. The number of carbonyl (C=O) groups excluding carboxylic acids is 1. The summed E-state index contributed by atoms with van der Waals surface area (Å²) >= 11 is 7.72. The smallest absolute Gasteiger partial charge is 0.277 e. The van der Waals surface area contributed by atoms with Gasteiger partial charge in [0, 0.05) is 31.9 Å². The SMILES string of the molecule is O=C(C[NH+]1CC[NH+](Cc2ccc(Cl)s2)CC1)N1CCN(c2ccccc2)CC1. The van der Waals surface area contributed by atoms with Crippen LogP contribution >= 0.6 is 22.9 Å². The summed E-state index contributed by atoms with van der Waals surface area (Å²) in [6, 6.07) is 14.6. The molecular formula is C21H29ClN4OS+2. The van der Waals surface area contributed by atoms with Gasteiger partial charge in [0.05, 0.1) is 9.21 Å². The number of para-hydroxylation sites is 1. The number of amides is 1. The van der Waals surface area contributed by atoms with Crippen molar-refractivity contribution >= 4 is 34.5 Å². The molecule has 0 saturated carbocycles. The molecule has 5 nitrogen and oxygen atoms in total. The maximum absolute atomic E-state index is 12.8. The maximum atomic E-state index is 12.8. The number of piperazine rings is 2. The van der Waals surface area contributed by atoms with Crippen LogP contribution < -0.4 is 14.7 Å². The van der Waals surface area contributed by atoms with E-state index in [9.17, 15) is 4.79 Å². The molecule has 2 aromatic rings. The number of nitrogens with one attached hydrogen (secondary N) is 2. The van der Waals surface area contributed by atoms with Crippen LogP contribution in [0.4, 0.5) is 5.69 Å². The van der Waals surface area contributed by atoms with Crippen LogP contribution in [0.2, 0.25) is 4.34 Å². The molecule has 0 aliphatic carbocycles. The molecule has 0 bridgehead atoms. The standard InChI is InChI=1S/C21H27ClN4OS/c22-20-7-6-19(28-20)16-23-8-10-24(11-9-23)17-21(27)26-14-12-25(13-15-26)18-4-2-1-3-5-18/h1-7H,8-17H2/p+2. The summed E-state index contributed by atoms with van der Waals surface area (Å²) < 4.78 is 0.872. The van der Waals surface area contributed by atoms with Gasteiger partial charge in [-0.15, -0.1) is 11.3 Å². The number of hydrogen-bond donors (Lipinski definition) is 2. The number of benzene rings is 1. The first-order valence-electron chi connectivity index (χ1n) is 10.2. The van der Waals surface area contributed by atoms with Crippen LogP contribution in [0.3, 0.4) is 0 Å². The monoisotopic (exact) mass is 420 g/mol. The Morgan fingerprint density at radius 2 is 1.61 bits per heavy atom. The average molecular weight is 421 g/mol. The molecule has 0 atom stereocenters. The number of anilines is 1. The highest BCUT2D eigenvalue weighted by atomic mass is 35.5. The van der Waals surface area contributed by atoms with Crippen molar-refractivity contribution in [1.29, 1.82) is 0 Å². The minimum absolute atomic E-state index is 0.316. The first-order chi connectivity index (χ1) is 13.7. The second-order valence-electron chi connectivity index (χ2n) is 7.76. The van der Waals surface area contributed by atoms with E-state index < -0.39 is 0 Å². The third kappa shape index (κ3) is 5.06. The maximum Gasteiger partial charge on any atom is 0.277 e. The molecule has 0 radical (unpaired) electrons. The molecule has 0 unspecified atom stereocenters. The van der Waals surface area contributed by atoms with Gasteiger partial charge in [0.25, 0.3) is 5.91 Å². The van der Waals surface area contributed by atoms with Crippen LogP contribution in [0.1, 0.15) is 4.88 Å². The number of carbonyl (C=O) groups is 1. The zero-order valence-corrected chi connectivity index (χ0v) is 17.8. The van der Waals surface area contributed by atoms with Gasteiger partial charge in [0.2, 0.25) is 0 Å². The number of thiophene rings is 1. The van der Waals surface area contributed by atoms with E-state index in [1.165, 1.54) is 15.5 Å². The summed E-state index contributed by atoms with van der Waals surface area (Å²) in [6.45, 7) is 9.60. The van der Waals surface area contributed by atoms with Gasteiger partial charge in [-0.3, -0.25) is 4.79 Å². The Labute approximate surface area is 176 Å². The second-order valence-corrected chi connectivity index (χ2v) is 9.56. The van der Waals surface area contributed by atoms with Crippen LogP contribution in [0.25, 0.3) is 0 Å². The molecule has 2 aliphatic rings. The Morgan fingerprint density at radius 1 is 0.929 bits per heavy atom. The minimum atomic E-state index is 0.316. The fraction of sp³-hybridized carbons (Fsp3) is 0.476. The van der Waals surface area contributed by atoms with Crippen molar-refractivity contribution in [2.45, 2.75) is 6.54 Å². The van der Waals surface area contributed by atoms with Gasteiger partial charge in [0.15, 0.2) is 6.54 Å². The molecule has 28 heavy (non-hydrogen) atoms. The molecule has 7 heteroatoms. The molecule has 2 aliphatic heterocycles. The minimum Gasteiger partial charge on any atom is -0.368 e. The molecule has 1 aromatic carbocycles. The van der Waals surface area contributed by atoms with Crippen molar-refractivity contribution in [2.75, 3.05) is 63.8 Å². The highest BCUT2D eigenvalue weighted by Gasteiger charge is 2.28. The Balaban J connectivity index is 1.19. The van der Waals surface area contributed by atoms with Gasteiger partial charge in [-0.05, 0) is 24.3 Å². The van der Waals surface area contributed by atoms with Gasteiger partial charge in [-0.1, -0.05) is 29.8 Å². The van der Waals surface area contributed by atoms with E-state index in [-0.39, 0.29) is 0 Å². The Morgan fingerprint density at radius 3 is 2.25 bits per heavy atom. The summed E-state index contributed by atoms with van der Waals surface area (Å²) in [5.41, 5.74) is 1.26. The summed E-state index contributed by atoms with van der Waals surface area (Å²) in [4.78, 5) is 21.6. The lowest BCUT2D eigenvalue weighted by Gasteiger charge is -2.37. The fourth-order valence-corrected chi connectivity index (χ4v) is 5.34. The Bertz CT molecular complexity index is 768. The molecule has 4 rings (SSSR count). The molecule has 3 heterocycles. The van der Waals surface area contributed by atoms with E-state index in [0.717, 1.165) is 63.2 Å². The van der Waals surface area contributed by atoms with Crippen molar-refractivity contribution in [3.05, 3.63) is 51.7 Å². The van der Waals surface area contributed by atoms with Crippen molar-refractivity contribution in [2.24, 2.45) is 0 Å². The Kier molecular flexibility index (Phi) is 6.52. The molecule has 1 aromatic heterocycles. The van der Waals surface area contributed by atoms with Crippen molar-refractivity contribution in [3.63, 3.8) is 0 Å². The van der Waals surface area contributed by atoms with Crippen LogP contribution in [0.5, 0.6) is 0 Å². The quantitative estimate of drug-likeness (QED) is 0.715. The van der Waals surface area contributed by atoms with Gasteiger partial charge >= 0.3 is 0 Å². The lowest BCUT2D eigenvalue weighted by atomic mass is 10.2. The number of rotatable bonds is 5. The first-order valence-corrected chi connectivity index (χ1v) is 11.4. The van der Waals surface area contributed by atoms with E-state index in [2.05, 4.69) is 40.1 Å². The van der Waals surface area contributed by atoms with Gasteiger partial charge in [0.1, 0.15) is 32.7 Å². The third-order valence-electron chi connectivity index (χ3n) is 5.87. The van der Waals surface area contributed by atoms with E-state index in [1.807, 2.05) is 12.1 Å². The zero-order chi connectivity index (χ0) is 19.3. The highest BCUT2D eigenvalue weighted by molar-refractivity contribution is 7.16. The van der Waals surface area contributed by atoms with Crippen molar-refractivity contribution < 1.29 is 14.6 Å². The second kappa shape index (κ2) is 9.27. The van der Waals surface area contributed by atoms with Crippen molar-refractivity contribution in [1.82, 2.24) is 4.90 Å². The third-order valence-corrected chi connectivity index (χ3v) is 7.10. The number of nitrogens with zero attached hydrogens (tertiary/aromatic N) is 2. The largest absolute Gasteiger partial charge is 0.368 e. The van der Waals surface area contributed by atoms with Crippen molar-refractivity contribution in [3.8, 4) is 0 Å². The average Bonchev–Trinajstić information content (AvgIpc) is 3.15. The summed E-state index contributed by atoms with van der Waals surface area (Å²) in [7, 11) is 0. The Hall–Kier alpha value is -1.60. The normalized spacial score (nSPS) is 23.0. The van der Waals surface area contributed by atoms with E-state index in [4.69, 9.17) is 11.6 Å².